The minimum Gasteiger partial charge on any atom is -0.355 e. The second-order valence-corrected chi connectivity index (χ2v) is 8.27. The molecule has 0 bridgehead atoms. The van der Waals surface area contributed by atoms with Gasteiger partial charge < -0.3 is 14.8 Å². The van der Waals surface area contributed by atoms with E-state index < -0.39 is 0 Å². The highest BCUT2D eigenvalue weighted by molar-refractivity contribution is 5.93. The van der Waals surface area contributed by atoms with E-state index in [0.717, 1.165) is 48.2 Å². The van der Waals surface area contributed by atoms with Gasteiger partial charge in [-0.25, -0.2) is 4.98 Å². The van der Waals surface area contributed by atoms with Crippen LogP contribution in [0.1, 0.15) is 37.9 Å². The van der Waals surface area contributed by atoms with Crippen molar-refractivity contribution in [1.82, 2.24) is 14.9 Å². The summed E-state index contributed by atoms with van der Waals surface area (Å²) in [6.45, 7) is 0.735. The van der Waals surface area contributed by atoms with Crippen LogP contribution in [0.15, 0.2) is 54.6 Å². The highest BCUT2D eigenvalue weighted by Crippen LogP contribution is 2.23. The van der Waals surface area contributed by atoms with Gasteiger partial charge in [-0.2, -0.15) is 0 Å². The largest absolute Gasteiger partial charge is 0.355 e. The Labute approximate surface area is 183 Å². The Morgan fingerprint density at radius 1 is 1.03 bits per heavy atom. The normalized spacial score (nSPS) is 14.5. The van der Waals surface area contributed by atoms with Crippen LogP contribution >= 0.6 is 0 Å². The Balaban J connectivity index is 1.46. The van der Waals surface area contributed by atoms with Gasteiger partial charge in [-0.1, -0.05) is 49.6 Å². The Hall–Kier alpha value is -3.15. The van der Waals surface area contributed by atoms with E-state index in [0.29, 0.717) is 13.0 Å². The number of fused-ring (bicyclic) bond motifs is 1. The van der Waals surface area contributed by atoms with Crippen LogP contribution in [-0.2, 0) is 22.6 Å². The molecule has 2 amide bonds. The van der Waals surface area contributed by atoms with E-state index in [1.54, 1.807) is 11.9 Å². The number of nitrogens with one attached hydrogen (secondary N) is 1. The molecule has 1 aliphatic carbocycles. The summed E-state index contributed by atoms with van der Waals surface area (Å²) in [6.07, 6.45) is 6.10. The summed E-state index contributed by atoms with van der Waals surface area (Å²) in [5.74, 6) is 1.11. The predicted molar refractivity (Wildman–Crippen MR) is 123 cm³/mol. The molecule has 0 unspecified atom stereocenters. The van der Waals surface area contributed by atoms with Crippen LogP contribution in [0.3, 0.4) is 0 Å². The number of hydrogen-bond acceptors (Lipinski definition) is 3. The van der Waals surface area contributed by atoms with E-state index in [1.807, 2.05) is 59.2 Å². The van der Waals surface area contributed by atoms with Crippen LogP contribution in [0.2, 0.25) is 0 Å². The molecule has 31 heavy (non-hydrogen) atoms. The minimum atomic E-state index is -0.0122. The molecule has 0 spiro atoms. The Bertz CT molecular complexity index is 1040. The van der Waals surface area contributed by atoms with Gasteiger partial charge in [0.15, 0.2) is 0 Å². The lowest BCUT2D eigenvalue weighted by atomic mass is 9.89. The van der Waals surface area contributed by atoms with E-state index >= 15 is 0 Å². The summed E-state index contributed by atoms with van der Waals surface area (Å²) in [4.78, 5) is 31.9. The molecule has 3 aromatic rings. The lowest BCUT2D eigenvalue weighted by molar-refractivity contribution is -0.126. The SMILES string of the molecule is CN(C(=O)Cn1c(CCNC(=O)C2CCCCC2)nc2ccccc21)c1ccccc1. The molecule has 6 nitrogen and oxygen atoms in total. The van der Waals surface area contributed by atoms with Gasteiger partial charge in [0.2, 0.25) is 11.8 Å². The second-order valence-electron chi connectivity index (χ2n) is 8.27. The van der Waals surface area contributed by atoms with Crippen molar-refractivity contribution in [1.29, 1.82) is 0 Å². The molecule has 6 heteroatoms. The number of nitrogens with zero attached hydrogens (tertiary/aromatic N) is 3. The molecule has 0 radical (unpaired) electrons. The van der Waals surface area contributed by atoms with Crippen LogP contribution in [0, 0.1) is 5.92 Å². The van der Waals surface area contributed by atoms with E-state index in [2.05, 4.69) is 5.32 Å². The Morgan fingerprint density at radius 2 is 1.74 bits per heavy atom. The average Bonchev–Trinajstić information content (AvgIpc) is 3.16. The van der Waals surface area contributed by atoms with Crippen molar-refractivity contribution < 1.29 is 9.59 Å². The smallest absolute Gasteiger partial charge is 0.246 e. The van der Waals surface area contributed by atoms with Gasteiger partial charge in [-0.15, -0.1) is 0 Å². The molecule has 1 aliphatic rings. The van der Waals surface area contributed by atoms with Crippen LogP contribution < -0.4 is 10.2 Å². The zero-order chi connectivity index (χ0) is 21.6. The van der Waals surface area contributed by atoms with Gasteiger partial charge in [0, 0.05) is 31.6 Å². The first-order valence-corrected chi connectivity index (χ1v) is 11.2. The maximum atomic E-state index is 13.0. The highest BCUT2D eigenvalue weighted by Gasteiger charge is 2.21. The van der Waals surface area contributed by atoms with Gasteiger partial charge in [0.1, 0.15) is 12.4 Å². The average molecular weight is 419 g/mol. The summed E-state index contributed by atoms with van der Waals surface area (Å²) in [6, 6.07) is 17.5. The first-order chi connectivity index (χ1) is 15.1. The molecule has 1 saturated carbocycles. The standard InChI is InChI=1S/C25H30N4O2/c1-28(20-12-6-3-7-13-20)24(30)18-29-22-15-9-8-14-21(22)27-23(29)16-17-26-25(31)19-10-4-2-5-11-19/h3,6-9,12-15,19H,2,4-5,10-11,16-18H2,1H3,(H,26,31). The molecule has 0 aliphatic heterocycles. The van der Waals surface area contributed by atoms with Crippen molar-refractivity contribution in [2.24, 2.45) is 5.92 Å². The van der Waals surface area contributed by atoms with Gasteiger partial charge in [0.05, 0.1) is 11.0 Å². The van der Waals surface area contributed by atoms with E-state index in [9.17, 15) is 9.59 Å². The zero-order valence-electron chi connectivity index (χ0n) is 18.1. The predicted octanol–water partition coefficient (Wildman–Crippen LogP) is 3.94. The summed E-state index contributed by atoms with van der Waals surface area (Å²) in [7, 11) is 1.79. The fourth-order valence-electron chi connectivity index (χ4n) is 4.34. The molecule has 1 heterocycles. The third-order valence-corrected chi connectivity index (χ3v) is 6.17. The molecule has 0 atom stereocenters. The monoisotopic (exact) mass is 418 g/mol. The van der Waals surface area contributed by atoms with Crippen molar-refractivity contribution in [2.45, 2.75) is 45.1 Å². The summed E-state index contributed by atoms with van der Waals surface area (Å²) < 4.78 is 1.98. The molecular formula is C25H30N4O2. The van der Waals surface area contributed by atoms with Crippen LogP contribution in [0.25, 0.3) is 11.0 Å². The van der Waals surface area contributed by atoms with Crippen molar-refractivity contribution in [3.05, 3.63) is 60.4 Å². The molecule has 1 aromatic heterocycles. The lowest BCUT2D eigenvalue weighted by Gasteiger charge is -2.21. The number of likely N-dealkylation sites (N-methyl/N-ethyl adjacent to an activating group) is 1. The summed E-state index contributed by atoms with van der Waals surface area (Å²) in [5, 5.41) is 3.09. The fourth-order valence-corrected chi connectivity index (χ4v) is 4.34. The number of imidazole rings is 1. The Morgan fingerprint density at radius 3 is 2.52 bits per heavy atom. The fraction of sp³-hybridized carbons (Fsp3) is 0.400. The molecule has 1 N–H and O–H groups in total. The number of para-hydroxylation sites is 3. The van der Waals surface area contributed by atoms with Gasteiger partial charge in [0.25, 0.3) is 0 Å². The molecule has 162 valence electrons. The van der Waals surface area contributed by atoms with Gasteiger partial charge >= 0.3 is 0 Å². The zero-order valence-corrected chi connectivity index (χ0v) is 18.1. The second kappa shape index (κ2) is 9.77. The van der Waals surface area contributed by atoms with E-state index in [1.165, 1.54) is 6.42 Å². The summed E-state index contributed by atoms with van der Waals surface area (Å²) in [5.41, 5.74) is 2.66. The number of hydrogen-bond donors (Lipinski definition) is 1. The first kappa shape index (κ1) is 21.1. The van der Waals surface area contributed by atoms with E-state index in [4.69, 9.17) is 4.98 Å². The van der Waals surface area contributed by atoms with Crippen LogP contribution in [0.4, 0.5) is 5.69 Å². The quantitative estimate of drug-likeness (QED) is 0.632. The third kappa shape index (κ3) is 4.95. The van der Waals surface area contributed by atoms with Crippen LogP contribution in [0.5, 0.6) is 0 Å². The number of rotatable bonds is 7. The Kier molecular flexibility index (Phi) is 6.65. The molecule has 0 saturated heterocycles. The molecular weight excluding hydrogens is 388 g/mol. The highest BCUT2D eigenvalue weighted by atomic mass is 16.2. The number of aromatic nitrogens is 2. The number of anilines is 1. The number of carbonyl (C=O) groups is 2. The van der Waals surface area contributed by atoms with Crippen molar-refractivity contribution >= 4 is 28.5 Å². The van der Waals surface area contributed by atoms with Crippen molar-refractivity contribution in [3.8, 4) is 0 Å². The van der Waals surface area contributed by atoms with Crippen molar-refractivity contribution in [2.75, 3.05) is 18.5 Å². The van der Waals surface area contributed by atoms with E-state index in [-0.39, 0.29) is 24.3 Å². The summed E-state index contributed by atoms with van der Waals surface area (Å²) >= 11 is 0. The van der Waals surface area contributed by atoms with Gasteiger partial charge in [-0.3, -0.25) is 9.59 Å². The molecule has 2 aromatic carbocycles. The van der Waals surface area contributed by atoms with Crippen molar-refractivity contribution in [3.63, 3.8) is 0 Å². The molecule has 4 rings (SSSR count). The number of amides is 2. The number of carbonyl (C=O) groups excluding carboxylic acids is 2. The van der Waals surface area contributed by atoms with Crippen LogP contribution in [-0.4, -0.2) is 35.0 Å². The minimum absolute atomic E-state index is 0.0122. The number of benzene rings is 2. The third-order valence-electron chi connectivity index (χ3n) is 6.17. The first-order valence-electron chi connectivity index (χ1n) is 11.2. The van der Waals surface area contributed by atoms with Gasteiger partial charge in [-0.05, 0) is 37.1 Å². The molecule has 1 fully saturated rings. The maximum Gasteiger partial charge on any atom is 0.246 e. The topological polar surface area (TPSA) is 67.2 Å². The maximum absolute atomic E-state index is 13.0. The lowest BCUT2D eigenvalue weighted by Crippen LogP contribution is -2.34.